The molecule has 0 atom stereocenters. The standard InChI is InChI=1S/C11H20N2O4/c1-4-13(8-6-11(16)17-3)10(15)5-7-12-9(2)14/h4-8H2,1-3H3,(H,12,14). The summed E-state index contributed by atoms with van der Waals surface area (Å²) in [5.74, 6) is -0.571. The zero-order valence-corrected chi connectivity index (χ0v) is 10.6. The largest absolute Gasteiger partial charge is 0.469 e. The molecule has 6 heteroatoms. The van der Waals surface area contributed by atoms with E-state index in [0.29, 0.717) is 19.6 Å². The zero-order valence-electron chi connectivity index (χ0n) is 10.6. The summed E-state index contributed by atoms with van der Waals surface area (Å²) in [5.41, 5.74) is 0. The van der Waals surface area contributed by atoms with Crippen molar-refractivity contribution in [2.45, 2.75) is 26.7 Å². The summed E-state index contributed by atoms with van der Waals surface area (Å²) in [4.78, 5) is 34.8. The molecule has 0 saturated carbocycles. The second-order valence-electron chi connectivity index (χ2n) is 3.53. The molecule has 0 spiro atoms. The first-order valence-corrected chi connectivity index (χ1v) is 5.60. The van der Waals surface area contributed by atoms with Crippen molar-refractivity contribution < 1.29 is 19.1 Å². The molecule has 2 amide bonds. The Kier molecular flexibility index (Phi) is 7.75. The van der Waals surface area contributed by atoms with Crippen LogP contribution in [0.4, 0.5) is 0 Å². The lowest BCUT2D eigenvalue weighted by Crippen LogP contribution is -2.35. The highest BCUT2D eigenvalue weighted by Gasteiger charge is 2.13. The third kappa shape index (κ3) is 7.32. The summed E-state index contributed by atoms with van der Waals surface area (Å²) >= 11 is 0. The Balaban J connectivity index is 3.95. The summed E-state index contributed by atoms with van der Waals surface area (Å²) < 4.78 is 4.50. The van der Waals surface area contributed by atoms with Crippen molar-refractivity contribution in [3.05, 3.63) is 0 Å². The van der Waals surface area contributed by atoms with Crippen molar-refractivity contribution in [2.24, 2.45) is 0 Å². The Bertz CT molecular complexity index is 279. The lowest BCUT2D eigenvalue weighted by atomic mass is 10.3. The fourth-order valence-corrected chi connectivity index (χ4v) is 1.29. The first-order valence-electron chi connectivity index (χ1n) is 5.60. The molecule has 17 heavy (non-hydrogen) atoms. The number of nitrogens with one attached hydrogen (secondary N) is 1. The number of hydrogen-bond acceptors (Lipinski definition) is 4. The van der Waals surface area contributed by atoms with Crippen LogP contribution in [0.1, 0.15) is 26.7 Å². The molecule has 0 aliphatic heterocycles. The van der Waals surface area contributed by atoms with Crippen LogP contribution in [0.15, 0.2) is 0 Å². The molecule has 0 unspecified atom stereocenters. The van der Waals surface area contributed by atoms with Gasteiger partial charge in [0.05, 0.1) is 13.5 Å². The fourth-order valence-electron chi connectivity index (χ4n) is 1.29. The van der Waals surface area contributed by atoms with Crippen molar-refractivity contribution in [3.8, 4) is 0 Å². The molecule has 0 saturated heterocycles. The molecule has 0 radical (unpaired) electrons. The van der Waals surface area contributed by atoms with Gasteiger partial charge in [-0.05, 0) is 6.92 Å². The number of carbonyl (C=O) groups is 3. The van der Waals surface area contributed by atoms with Gasteiger partial charge in [0, 0.05) is 33.0 Å². The van der Waals surface area contributed by atoms with Gasteiger partial charge in [-0.15, -0.1) is 0 Å². The average Bonchev–Trinajstić information content (AvgIpc) is 2.28. The van der Waals surface area contributed by atoms with Crippen LogP contribution in [0.3, 0.4) is 0 Å². The average molecular weight is 244 g/mol. The van der Waals surface area contributed by atoms with Gasteiger partial charge in [-0.3, -0.25) is 14.4 Å². The summed E-state index contributed by atoms with van der Waals surface area (Å²) in [5, 5.41) is 2.55. The Morgan fingerprint density at radius 2 is 1.88 bits per heavy atom. The minimum absolute atomic E-state index is 0.0786. The first-order chi connectivity index (χ1) is 8.01. The topological polar surface area (TPSA) is 75.7 Å². The molecular weight excluding hydrogens is 224 g/mol. The van der Waals surface area contributed by atoms with E-state index in [9.17, 15) is 14.4 Å². The Labute approximate surface area is 101 Å². The second-order valence-corrected chi connectivity index (χ2v) is 3.53. The van der Waals surface area contributed by atoms with Gasteiger partial charge in [-0.25, -0.2) is 0 Å². The van der Waals surface area contributed by atoms with Gasteiger partial charge in [0.15, 0.2) is 0 Å². The van der Waals surface area contributed by atoms with Crippen molar-refractivity contribution in [1.82, 2.24) is 10.2 Å². The predicted molar refractivity (Wildman–Crippen MR) is 62.2 cm³/mol. The number of esters is 1. The highest BCUT2D eigenvalue weighted by molar-refractivity contribution is 5.78. The molecule has 0 heterocycles. The summed E-state index contributed by atoms with van der Waals surface area (Å²) in [6.45, 7) is 4.45. The molecule has 6 nitrogen and oxygen atoms in total. The van der Waals surface area contributed by atoms with E-state index in [1.165, 1.54) is 14.0 Å². The van der Waals surface area contributed by atoms with E-state index in [1.807, 2.05) is 6.92 Å². The van der Waals surface area contributed by atoms with Gasteiger partial charge < -0.3 is 15.0 Å². The molecule has 0 fully saturated rings. The number of nitrogens with zero attached hydrogens (tertiary/aromatic N) is 1. The van der Waals surface area contributed by atoms with Gasteiger partial charge in [0.2, 0.25) is 11.8 Å². The molecule has 98 valence electrons. The maximum atomic E-state index is 11.7. The zero-order chi connectivity index (χ0) is 13.3. The lowest BCUT2D eigenvalue weighted by molar-refractivity contribution is -0.141. The minimum atomic E-state index is -0.335. The first kappa shape index (κ1) is 15.4. The number of methoxy groups -OCH3 is 1. The van der Waals surface area contributed by atoms with Crippen LogP contribution in [-0.4, -0.2) is 49.4 Å². The maximum Gasteiger partial charge on any atom is 0.307 e. The Morgan fingerprint density at radius 1 is 1.24 bits per heavy atom. The molecule has 0 aromatic carbocycles. The summed E-state index contributed by atoms with van der Waals surface area (Å²) in [6, 6.07) is 0. The van der Waals surface area contributed by atoms with Crippen LogP contribution < -0.4 is 5.32 Å². The van der Waals surface area contributed by atoms with E-state index >= 15 is 0 Å². The highest BCUT2D eigenvalue weighted by atomic mass is 16.5. The molecule has 0 aromatic rings. The Hall–Kier alpha value is -1.59. The van der Waals surface area contributed by atoms with Gasteiger partial charge in [0.1, 0.15) is 0 Å². The third-order valence-electron chi connectivity index (χ3n) is 2.26. The smallest absolute Gasteiger partial charge is 0.307 e. The van der Waals surface area contributed by atoms with E-state index in [1.54, 1.807) is 4.90 Å². The van der Waals surface area contributed by atoms with Crippen molar-refractivity contribution in [3.63, 3.8) is 0 Å². The number of hydrogen-bond donors (Lipinski definition) is 1. The quantitative estimate of drug-likeness (QED) is 0.636. The van der Waals surface area contributed by atoms with E-state index in [0.717, 1.165) is 0 Å². The molecule has 0 bridgehead atoms. The van der Waals surface area contributed by atoms with Crippen LogP contribution in [0, 0.1) is 0 Å². The predicted octanol–water partition coefficient (Wildman–Crippen LogP) is -0.0758. The fraction of sp³-hybridized carbons (Fsp3) is 0.727. The molecule has 0 aliphatic rings. The second kappa shape index (κ2) is 8.55. The van der Waals surface area contributed by atoms with E-state index in [4.69, 9.17) is 0 Å². The van der Waals surface area contributed by atoms with Gasteiger partial charge in [0.25, 0.3) is 0 Å². The maximum absolute atomic E-state index is 11.7. The normalized spacial score (nSPS) is 9.59. The summed E-state index contributed by atoms with van der Waals surface area (Å²) in [7, 11) is 1.32. The van der Waals surface area contributed by atoms with E-state index in [-0.39, 0.29) is 30.6 Å². The van der Waals surface area contributed by atoms with Crippen molar-refractivity contribution in [1.29, 1.82) is 0 Å². The monoisotopic (exact) mass is 244 g/mol. The number of ether oxygens (including phenoxy) is 1. The van der Waals surface area contributed by atoms with Gasteiger partial charge in [-0.1, -0.05) is 0 Å². The Morgan fingerprint density at radius 3 is 2.35 bits per heavy atom. The molecule has 0 aromatic heterocycles. The van der Waals surface area contributed by atoms with E-state index < -0.39 is 0 Å². The van der Waals surface area contributed by atoms with Crippen molar-refractivity contribution in [2.75, 3.05) is 26.7 Å². The molecule has 1 N–H and O–H groups in total. The number of rotatable bonds is 7. The van der Waals surface area contributed by atoms with Crippen LogP contribution in [0.5, 0.6) is 0 Å². The summed E-state index contributed by atoms with van der Waals surface area (Å²) in [6.07, 6.45) is 0.435. The van der Waals surface area contributed by atoms with Crippen LogP contribution >= 0.6 is 0 Å². The third-order valence-corrected chi connectivity index (χ3v) is 2.26. The van der Waals surface area contributed by atoms with Crippen molar-refractivity contribution >= 4 is 17.8 Å². The molecular formula is C11H20N2O4. The van der Waals surface area contributed by atoms with Gasteiger partial charge >= 0.3 is 5.97 Å². The minimum Gasteiger partial charge on any atom is -0.469 e. The highest BCUT2D eigenvalue weighted by Crippen LogP contribution is 1.97. The van der Waals surface area contributed by atoms with Crippen LogP contribution in [-0.2, 0) is 19.1 Å². The SMILES string of the molecule is CCN(CCC(=O)OC)C(=O)CCNC(C)=O. The van der Waals surface area contributed by atoms with E-state index in [2.05, 4.69) is 10.1 Å². The van der Waals surface area contributed by atoms with Gasteiger partial charge in [-0.2, -0.15) is 0 Å². The molecule has 0 rings (SSSR count). The number of carbonyl (C=O) groups excluding carboxylic acids is 3. The van der Waals surface area contributed by atoms with Crippen LogP contribution in [0.2, 0.25) is 0 Å². The van der Waals surface area contributed by atoms with Crippen LogP contribution in [0.25, 0.3) is 0 Å². The molecule has 0 aliphatic carbocycles. The lowest BCUT2D eigenvalue weighted by Gasteiger charge is -2.20. The number of amides is 2.